The fourth-order valence-corrected chi connectivity index (χ4v) is 2.02. The Kier molecular flexibility index (Phi) is 3.28. The van der Waals surface area contributed by atoms with Crippen molar-refractivity contribution in [2.75, 3.05) is 0 Å². The molecule has 0 fully saturated rings. The first-order chi connectivity index (χ1) is 8.10. The van der Waals surface area contributed by atoms with Gasteiger partial charge in [0.25, 0.3) is 0 Å². The van der Waals surface area contributed by atoms with Gasteiger partial charge < -0.3 is 5.11 Å². The summed E-state index contributed by atoms with van der Waals surface area (Å²) in [6.07, 6.45) is 6.49. The van der Waals surface area contributed by atoms with E-state index in [-0.39, 0.29) is 0 Å². The first-order valence-electron chi connectivity index (χ1n) is 5.78. The van der Waals surface area contributed by atoms with Crippen molar-refractivity contribution in [1.82, 2.24) is 19.6 Å². The van der Waals surface area contributed by atoms with Crippen LogP contribution in [0.5, 0.6) is 0 Å². The summed E-state index contributed by atoms with van der Waals surface area (Å²) in [6.45, 7) is 2.04. The van der Waals surface area contributed by atoms with E-state index >= 15 is 0 Å². The molecule has 2 heterocycles. The van der Waals surface area contributed by atoms with Crippen molar-refractivity contribution < 1.29 is 5.11 Å². The molecule has 17 heavy (non-hydrogen) atoms. The van der Waals surface area contributed by atoms with Gasteiger partial charge in [-0.3, -0.25) is 9.36 Å². The highest BCUT2D eigenvalue weighted by atomic mass is 16.3. The standard InChI is InChI=1S/C12H18N4O/c1-4-11-10(8-16(3)14-11)12(17)5-9-6-13-15(2)7-9/h6-8,12,17H,4-5H2,1-3H3. The SMILES string of the molecule is CCc1nn(C)cc1C(O)Cc1cnn(C)c1. The van der Waals surface area contributed by atoms with Crippen LogP contribution in [0.4, 0.5) is 0 Å². The number of rotatable bonds is 4. The average Bonchev–Trinajstić information content (AvgIpc) is 2.84. The van der Waals surface area contributed by atoms with Crippen molar-refractivity contribution in [1.29, 1.82) is 0 Å². The van der Waals surface area contributed by atoms with Crippen molar-refractivity contribution in [3.63, 3.8) is 0 Å². The molecule has 5 heteroatoms. The third-order valence-corrected chi connectivity index (χ3v) is 2.82. The molecule has 0 aromatic carbocycles. The van der Waals surface area contributed by atoms with E-state index in [9.17, 15) is 5.11 Å². The molecule has 5 nitrogen and oxygen atoms in total. The van der Waals surface area contributed by atoms with E-state index in [1.54, 1.807) is 15.6 Å². The third kappa shape index (κ3) is 2.55. The number of hydrogen-bond acceptors (Lipinski definition) is 3. The van der Waals surface area contributed by atoms with Gasteiger partial charge in [-0.15, -0.1) is 0 Å². The summed E-state index contributed by atoms with van der Waals surface area (Å²) in [5.74, 6) is 0. The van der Waals surface area contributed by atoms with Gasteiger partial charge in [0.05, 0.1) is 18.0 Å². The zero-order valence-corrected chi connectivity index (χ0v) is 10.5. The Morgan fingerprint density at radius 2 is 2.06 bits per heavy atom. The predicted molar refractivity (Wildman–Crippen MR) is 64.5 cm³/mol. The molecule has 2 aromatic rings. The number of aliphatic hydroxyl groups excluding tert-OH is 1. The van der Waals surface area contributed by atoms with Crippen molar-refractivity contribution in [3.8, 4) is 0 Å². The van der Waals surface area contributed by atoms with Crippen LogP contribution < -0.4 is 0 Å². The van der Waals surface area contributed by atoms with E-state index in [0.717, 1.165) is 23.2 Å². The Balaban J connectivity index is 2.16. The first kappa shape index (κ1) is 11.9. The Morgan fingerprint density at radius 3 is 2.65 bits per heavy atom. The Labute approximate surface area is 101 Å². The van der Waals surface area contributed by atoms with Crippen LogP contribution in [0.1, 0.15) is 29.8 Å². The smallest absolute Gasteiger partial charge is 0.0864 e. The second kappa shape index (κ2) is 4.71. The van der Waals surface area contributed by atoms with Crippen molar-refractivity contribution in [2.45, 2.75) is 25.9 Å². The molecule has 0 saturated carbocycles. The van der Waals surface area contributed by atoms with Crippen LogP contribution in [0.3, 0.4) is 0 Å². The molecule has 0 radical (unpaired) electrons. The molecule has 0 amide bonds. The van der Waals surface area contributed by atoms with Gasteiger partial charge in [0.1, 0.15) is 0 Å². The van der Waals surface area contributed by atoms with Crippen LogP contribution in [-0.2, 0) is 26.9 Å². The van der Waals surface area contributed by atoms with Gasteiger partial charge in [0, 0.05) is 38.5 Å². The van der Waals surface area contributed by atoms with Crippen LogP contribution in [0, 0.1) is 0 Å². The monoisotopic (exact) mass is 234 g/mol. The highest BCUT2D eigenvalue weighted by Crippen LogP contribution is 2.21. The van der Waals surface area contributed by atoms with Crippen molar-refractivity contribution in [3.05, 3.63) is 35.4 Å². The summed E-state index contributed by atoms with van der Waals surface area (Å²) in [5.41, 5.74) is 2.91. The van der Waals surface area contributed by atoms with E-state index in [1.165, 1.54) is 0 Å². The lowest BCUT2D eigenvalue weighted by molar-refractivity contribution is 0.177. The summed E-state index contributed by atoms with van der Waals surface area (Å²) < 4.78 is 3.49. The fraction of sp³-hybridized carbons (Fsp3) is 0.500. The quantitative estimate of drug-likeness (QED) is 0.858. The summed E-state index contributed by atoms with van der Waals surface area (Å²) in [6, 6.07) is 0. The van der Waals surface area contributed by atoms with Gasteiger partial charge in [-0.2, -0.15) is 10.2 Å². The molecule has 1 atom stereocenters. The summed E-state index contributed by atoms with van der Waals surface area (Å²) >= 11 is 0. The van der Waals surface area contributed by atoms with Crippen LogP contribution in [0.2, 0.25) is 0 Å². The van der Waals surface area contributed by atoms with Crippen molar-refractivity contribution >= 4 is 0 Å². The second-order valence-electron chi connectivity index (χ2n) is 4.30. The van der Waals surface area contributed by atoms with Gasteiger partial charge in [0.2, 0.25) is 0 Å². The van der Waals surface area contributed by atoms with Gasteiger partial charge in [-0.25, -0.2) is 0 Å². The Morgan fingerprint density at radius 1 is 1.29 bits per heavy atom. The van der Waals surface area contributed by atoms with Gasteiger partial charge in [-0.1, -0.05) is 6.92 Å². The predicted octanol–water partition coefficient (Wildman–Crippen LogP) is 0.992. The van der Waals surface area contributed by atoms with Crippen molar-refractivity contribution in [2.24, 2.45) is 14.1 Å². The molecular weight excluding hydrogens is 216 g/mol. The maximum atomic E-state index is 10.2. The van der Waals surface area contributed by atoms with Crippen LogP contribution in [0.15, 0.2) is 18.6 Å². The summed E-state index contributed by atoms with van der Waals surface area (Å²) in [4.78, 5) is 0. The Hall–Kier alpha value is -1.62. The van der Waals surface area contributed by atoms with E-state index in [4.69, 9.17) is 0 Å². The molecule has 0 saturated heterocycles. The van der Waals surface area contributed by atoms with Gasteiger partial charge in [0.15, 0.2) is 0 Å². The zero-order chi connectivity index (χ0) is 12.4. The summed E-state index contributed by atoms with van der Waals surface area (Å²) in [5, 5.41) is 18.6. The molecule has 1 N–H and O–H groups in total. The topological polar surface area (TPSA) is 55.9 Å². The lowest BCUT2D eigenvalue weighted by Gasteiger charge is -2.08. The highest BCUT2D eigenvalue weighted by Gasteiger charge is 2.16. The number of aliphatic hydroxyl groups is 1. The molecule has 92 valence electrons. The lowest BCUT2D eigenvalue weighted by atomic mass is 10.0. The Bertz CT molecular complexity index is 500. The van der Waals surface area contributed by atoms with E-state index < -0.39 is 6.10 Å². The minimum atomic E-state index is -0.511. The maximum Gasteiger partial charge on any atom is 0.0864 e. The van der Waals surface area contributed by atoms with Crippen LogP contribution in [0.25, 0.3) is 0 Å². The van der Waals surface area contributed by atoms with E-state index in [0.29, 0.717) is 6.42 Å². The minimum absolute atomic E-state index is 0.511. The van der Waals surface area contributed by atoms with Gasteiger partial charge in [-0.05, 0) is 12.0 Å². The molecule has 0 aliphatic heterocycles. The average molecular weight is 234 g/mol. The molecule has 0 bridgehead atoms. The number of aromatic nitrogens is 4. The number of nitrogens with zero attached hydrogens (tertiary/aromatic N) is 4. The van der Waals surface area contributed by atoms with E-state index in [2.05, 4.69) is 10.2 Å². The minimum Gasteiger partial charge on any atom is -0.388 e. The summed E-state index contributed by atoms with van der Waals surface area (Å²) in [7, 11) is 3.75. The second-order valence-corrected chi connectivity index (χ2v) is 4.30. The van der Waals surface area contributed by atoms with Crippen LogP contribution in [-0.4, -0.2) is 24.7 Å². The number of hydrogen-bond donors (Lipinski definition) is 1. The normalized spacial score (nSPS) is 12.9. The molecule has 0 aliphatic rings. The molecule has 2 rings (SSSR count). The third-order valence-electron chi connectivity index (χ3n) is 2.82. The van der Waals surface area contributed by atoms with Gasteiger partial charge >= 0.3 is 0 Å². The fourth-order valence-electron chi connectivity index (χ4n) is 2.02. The first-order valence-corrected chi connectivity index (χ1v) is 5.78. The zero-order valence-electron chi connectivity index (χ0n) is 10.5. The molecule has 0 spiro atoms. The van der Waals surface area contributed by atoms with E-state index in [1.807, 2.05) is 33.4 Å². The molecule has 1 unspecified atom stereocenters. The van der Waals surface area contributed by atoms with Crippen LogP contribution >= 0.6 is 0 Å². The number of aryl methyl sites for hydroxylation is 3. The molecule has 0 aliphatic carbocycles. The highest BCUT2D eigenvalue weighted by molar-refractivity contribution is 5.22. The molecule has 2 aromatic heterocycles. The lowest BCUT2D eigenvalue weighted by Crippen LogP contribution is -2.03. The largest absolute Gasteiger partial charge is 0.388 e. The maximum absolute atomic E-state index is 10.2. The molecular formula is C12H18N4O.